The second-order valence-corrected chi connectivity index (χ2v) is 9.15. The van der Waals surface area contributed by atoms with Crippen LogP contribution in [0, 0.1) is 13.8 Å². The fraction of sp³-hybridized carbons (Fsp3) is 0.647. The van der Waals surface area contributed by atoms with Crippen LogP contribution in [0.15, 0.2) is 10.6 Å². The van der Waals surface area contributed by atoms with Crippen LogP contribution in [0.3, 0.4) is 0 Å². The SMILES string of the molecule is Cc1cc(C)n(CC(=O)NCCc2nc(C3CCN(S(C)(=O)=O)CC3)no2)n1. The Kier molecular flexibility index (Phi) is 6.14. The van der Waals surface area contributed by atoms with Crippen LogP contribution < -0.4 is 5.32 Å². The quantitative estimate of drug-likeness (QED) is 0.700. The third-order valence-corrected chi connectivity index (χ3v) is 6.13. The fourth-order valence-electron chi connectivity index (χ4n) is 3.32. The summed E-state index contributed by atoms with van der Waals surface area (Å²) >= 11 is 0. The molecule has 2 aromatic rings. The van der Waals surface area contributed by atoms with Crippen LogP contribution in [0.5, 0.6) is 0 Å². The van der Waals surface area contributed by atoms with Gasteiger partial charge in [0.15, 0.2) is 5.82 Å². The summed E-state index contributed by atoms with van der Waals surface area (Å²) in [6, 6.07) is 1.92. The first-order valence-electron chi connectivity index (χ1n) is 9.27. The van der Waals surface area contributed by atoms with E-state index in [1.807, 2.05) is 19.9 Å². The first-order valence-corrected chi connectivity index (χ1v) is 11.1. The molecule has 0 aliphatic carbocycles. The van der Waals surface area contributed by atoms with Gasteiger partial charge in [-0.15, -0.1) is 0 Å². The van der Waals surface area contributed by atoms with Crippen LogP contribution in [-0.4, -0.2) is 64.4 Å². The Morgan fingerprint density at radius 2 is 2.04 bits per heavy atom. The first-order chi connectivity index (χ1) is 13.2. The Balaban J connectivity index is 1.44. The van der Waals surface area contributed by atoms with Crippen molar-refractivity contribution >= 4 is 15.9 Å². The number of rotatable bonds is 7. The second kappa shape index (κ2) is 8.39. The Morgan fingerprint density at radius 1 is 1.32 bits per heavy atom. The molecule has 0 spiro atoms. The van der Waals surface area contributed by atoms with E-state index in [-0.39, 0.29) is 18.4 Å². The molecule has 1 N–H and O–H groups in total. The van der Waals surface area contributed by atoms with Crippen molar-refractivity contribution in [1.82, 2.24) is 29.5 Å². The number of hydrogen-bond acceptors (Lipinski definition) is 7. The van der Waals surface area contributed by atoms with Crippen LogP contribution in [0.25, 0.3) is 0 Å². The van der Waals surface area contributed by atoms with Crippen LogP contribution >= 0.6 is 0 Å². The van der Waals surface area contributed by atoms with Crippen molar-refractivity contribution in [3.8, 4) is 0 Å². The van der Waals surface area contributed by atoms with Gasteiger partial charge in [-0.25, -0.2) is 12.7 Å². The molecule has 28 heavy (non-hydrogen) atoms. The molecule has 1 saturated heterocycles. The standard InChI is InChI=1S/C17H26N6O4S/c1-12-10-13(2)23(20-12)11-15(24)18-7-4-16-19-17(21-27-16)14-5-8-22(9-6-14)28(3,25)26/h10,14H,4-9,11H2,1-3H3,(H,18,24). The lowest BCUT2D eigenvalue weighted by Gasteiger charge is -2.28. The van der Waals surface area contributed by atoms with Gasteiger partial charge in [-0.3, -0.25) is 9.48 Å². The highest BCUT2D eigenvalue weighted by Gasteiger charge is 2.28. The second-order valence-electron chi connectivity index (χ2n) is 7.17. The summed E-state index contributed by atoms with van der Waals surface area (Å²) in [4.78, 5) is 16.4. The number of piperidine rings is 1. The van der Waals surface area contributed by atoms with Crippen molar-refractivity contribution in [2.24, 2.45) is 0 Å². The van der Waals surface area contributed by atoms with Gasteiger partial charge in [-0.05, 0) is 32.8 Å². The molecule has 3 rings (SSSR count). The maximum Gasteiger partial charge on any atom is 0.241 e. The summed E-state index contributed by atoms with van der Waals surface area (Å²) in [6.45, 7) is 5.30. The van der Waals surface area contributed by atoms with Crippen LogP contribution in [-0.2, 0) is 27.8 Å². The van der Waals surface area contributed by atoms with E-state index in [0.717, 1.165) is 11.4 Å². The molecular formula is C17H26N6O4S. The molecule has 0 atom stereocenters. The van der Waals surface area contributed by atoms with E-state index >= 15 is 0 Å². The summed E-state index contributed by atoms with van der Waals surface area (Å²) < 4.78 is 31.6. The topological polar surface area (TPSA) is 123 Å². The lowest BCUT2D eigenvalue weighted by atomic mass is 9.97. The number of hydrogen-bond donors (Lipinski definition) is 1. The van der Waals surface area contributed by atoms with Gasteiger partial charge >= 0.3 is 0 Å². The van der Waals surface area contributed by atoms with Gasteiger partial charge in [-0.1, -0.05) is 5.16 Å². The average molecular weight is 411 g/mol. The molecule has 1 aliphatic heterocycles. The number of aromatic nitrogens is 4. The largest absolute Gasteiger partial charge is 0.354 e. The van der Waals surface area contributed by atoms with E-state index in [2.05, 4.69) is 20.6 Å². The molecule has 0 unspecified atom stereocenters. The molecule has 3 heterocycles. The molecule has 1 fully saturated rings. The zero-order valence-electron chi connectivity index (χ0n) is 16.4. The van der Waals surface area contributed by atoms with E-state index in [1.54, 1.807) is 4.68 Å². The number of carbonyl (C=O) groups is 1. The van der Waals surface area contributed by atoms with Crippen LogP contribution in [0.2, 0.25) is 0 Å². The highest BCUT2D eigenvalue weighted by molar-refractivity contribution is 7.88. The molecule has 10 nitrogen and oxygen atoms in total. The molecule has 0 saturated carbocycles. The zero-order chi connectivity index (χ0) is 20.3. The van der Waals surface area contributed by atoms with Crippen molar-refractivity contribution in [3.63, 3.8) is 0 Å². The first kappa shape index (κ1) is 20.5. The van der Waals surface area contributed by atoms with E-state index in [9.17, 15) is 13.2 Å². The molecule has 2 aromatic heterocycles. The third kappa shape index (κ3) is 5.16. The number of nitrogens with zero attached hydrogens (tertiary/aromatic N) is 5. The molecule has 1 amide bonds. The van der Waals surface area contributed by atoms with Crippen LogP contribution in [0.4, 0.5) is 0 Å². The molecule has 1 aliphatic rings. The van der Waals surface area contributed by atoms with Gasteiger partial charge in [-0.2, -0.15) is 10.1 Å². The highest BCUT2D eigenvalue weighted by atomic mass is 32.2. The molecule has 154 valence electrons. The minimum Gasteiger partial charge on any atom is -0.354 e. The van der Waals surface area contributed by atoms with Crippen LogP contribution in [0.1, 0.15) is 41.9 Å². The van der Waals surface area contributed by atoms with Gasteiger partial charge in [0, 0.05) is 37.7 Å². The van der Waals surface area contributed by atoms with Crippen molar-refractivity contribution in [1.29, 1.82) is 0 Å². The zero-order valence-corrected chi connectivity index (χ0v) is 17.2. The smallest absolute Gasteiger partial charge is 0.241 e. The van der Waals surface area contributed by atoms with Gasteiger partial charge in [0.2, 0.25) is 21.8 Å². The number of amides is 1. The normalized spacial score (nSPS) is 16.4. The Labute approximate surface area is 164 Å². The van der Waals surface area contributed by atoms with E-state index < -0.39 is 10.0 Å². The average Bonchev–Trinajstić information content (AvgIpc) is 3.21. The predicted molar refractivity (Wildman–Crippen MR) is 101 cm³/mol. The van der Waals surface area contributed by atoms with E-state index in [0.29, 0.717) is 50.6 Å². The summed E-state index contributed by atoms with van der Waals surface area (Å²) in [5, 5.41) is 11.1. The van der Waals surface area contributed by atoms with E-state index in [4.69, 9.17) is 4.52 Å². The van der Waals surface area contributed by atoms with Crippen molar-refractivity contribution in [2.45, 2.75) is 45.6 Å². The monoisotopic (exact) mass is 410 g/mol. The number of carbonyl (C=O) groups excluding carboxylic acids is 1. The molecular weight excluding hydrogens is 384 g/mol. The summed E-state index contributed by atoms with van der Waals surface area (Å²) in [5.41, 5.74) is 1.82. The van der Waals surface area contributed by atoms with Gasteiger partial charge in [0.05, 0.1) is 11.9 Å². The maximum atomic E-state index is 12.0. The highest BCUT2D eigenvalue weighted by Crippen LogP contribution is 2.26. The lowest BCUT2D eigenvalue weighted by Crippen LogP contribution is -2.37. The lowest BCUT2D eigenvalue weighted by molar-refractivity contribution is -0.121. The van der Waals surface area contributed by atoms with Crippen molar-refractivity contribution in [2.75, 3.05) is 25.9 Å². The molecule has 0 aromatic carbocycles. The Morgan fingerprint density at radius 3 is 2.64 bits per heavy atom. The maximum absolute atomic E-state index is 12.0. The molecule has 11 heteroatoms. The number of nitrogens with one attached hydrogen (secondary N) is 1. The Bertz CT molecular complexity index is 927. The van der Waals surface area contributed by atoms with Crippen molar-refractivity contribution in [3.05, 3.63) is 29.2 Å². The van der Waals surface area contributed by atoms with E-state index in [1.165, 1.54) is 10.6 Å². The number of sulfonamides is 1. The number of aryl methyl sites for hydroxylation is 2. The van der Waals surface area contributed by atoms with Gasteiger partial charge in [0.25, 0.3) is 0 Å². The minimum absolute atomic E-state index is 0.0936. The van der Waals surface area contributed by atoms with Crippen molar-refractivity contribution < 1.29 is 17.7 Å². The summed E-state index contributed by atoms with van der Waals surface area (Å²) in [6.07, 6.45) is 3.01. The fourth-order valence-corrected chi connectivity index (χ4v) is 4.19. The minimum atomic E-state index is -3.15. The summed E-state index contributed by atoms with van der Waals surface area (Å²) in [5.74, 6) is 1.04. The third-order valence-electron chi connectivity index (χ3n) is 4.83. The Hall–Kier alpha value is -2.27. The van der Waals surface area contributed by atoms with Gasteiger partial charge < -0.3 is 9.84 Å². The summed E-state index contributed by atoms with van der Waals surface area (Å²) in [7, 11) is -3.15. The predicted octanol–water partition coefficient (Wildman–Crippen LogP) is 0.381. The molecule has 0 radical (unpaired) electrons. The molecule has 0 bridgehead atoms. The van der Waals surface area contributed by atoms with Gasteiger partial charge in [0.1, 0.15) is 6.54 Å².